The summed E-state index contributed by atoms with van der Waals surface area (Å²) in [6.07, 6.45) is 4.32. The first-order valence-electron chi connectivity index (χ1n) is 11.5. The molecule has 2 heterocycles. The number of carbonyl (C=O) groups is 3. The van der Waals surface area contributed by atoms with Gasteiger partial charge in [-0.05, 0) is 62.7 Å². The van der Waals surface area contributed by atoms with Crippen molar-refractivity contribution < 1.29 is 19.1 Å². The van der Waals surface area contributed by atoms with Gasteiger partial charge in [-0.1, -0.05) is 12.1 Å². The number of benzene rings is 2. The van der Waals surface area contributed by atoms with Crippen LogP contribution in [0.2, 0.25) is 0 Å². The van der Waals surface area contributed by atoms with Crippen molar-refractivity contribution in [2.75, 3.05) is 32.1 Å². The molecule has 9 nitrogen and oxygen atoms in total. The number of carbonyl (C=O) groups excluding carboxylic acids is 3. The van der Waals surface area contributed by atoms with E-state index in [0.29, 0.717) is 37.2 Å². The van der Waals surface area contributed by atoms with Crippen LogP contribution in [0, 0.1) is 0 Å². The first-order valence-corrected chi connectivity index (χ1v) is 11.5. The third-order valence-electron chi connectivity index (χ3n) is 5.82. The van der Waals surface area contributed by atoms with Crippen LogP contribution in [0.4, 0.5) is 5.69 Å². The number of nitrogens with zero attached hydrogens (tertiary/aromatic N) is 3. The predicted octanol–water partition coefficient (Wildman–Crippen LogP) is 2.74. The van der Waals surface area contributed by atoms with Gasteiger partial charge in [0.2, 0.25) is 12.3 Å². The Morgan fingerprint density at radius 2 is 1.71 bits per heavy atom. The number of methoxy groups -OCH3 is 1. The van der Waals surface area contributed by atoms with E-state index >= 15 is 0 Å². The number of anilines is 1. The lowest BCUT2D eigenvalue weighted by molar-refractivity contribution is -0.119. The summed E-state index contributed by atoms with van der Waals surface area (Å²) in [5.74, 6) is 0.857. The van der Waals surface area contributed by atoms with Gasteiger partial charge in [0, 0.05) is 36.3 Å². The summed E-state index contributed by atoms with van der Waals surface area (Å²) in [4.78, 5) is 36.7. The minimum absolute atomic E-state index is 0.140. The van der Waals surface area contributed by atoms with Gasteiger partial charge in [-0.25, -0.2) is 4.68 Å². The Morgan fingerprint density at radius 3 is 2.31 bits per heavy atom. The Morgan fingerprint density at radius 1 is 1.03 bits per heavy atom. The summed E-state index contributed by atoms with van der Waals surface area (Å²) in [7, 11) is 3.10. The molecule has 0 radical (unpaired) electrons. The van der Waals surface area contributed by atoms with E-state index in [1.165, 1.54) is 7.05 Å². The molecule has 3 N–H and O–H groups in total. The summed E-state index contributed by atoms with van der Waals surface area (Å²) in [5, 5.41) is 7.21. The molecule has 1 saturated heterocycles. The number of amides is 2. The normalized spacial score (nSPS) is 13.0. The Labute approximate surface area is 204 Å². The monoisotopic (exact) mass is 477 g/mol. The predicted molar refractivity (Wildman–Crippen MR) is 135 cm³/mol. The van der Waals surface area contributed by atoms with Crippen LogP contribution >= 0.6 is 0 Å². The van der Waals surface area contributed by atoms with Crippen molar-refractivity contribution in [1.29, 1.82) is 0 Å². The summed E-state index contributed by atoms with van der Waals surface area (Å²) < 4.78 is 6.99. The molecule has 2 amide bonds. The van der Waals surface area contributed by atoms with E-state index in [4.69, 9.17) is 4.74 Å². The number of nitrogens with two attached hydrogens (primary N) is 1. The molecule has 0 bridgehead atoms. The molecule has 9 heteroatoms. The minimum atomic E-state index is 0.140. The van der Waals surface area contributed by atoms with E-state index in [1.54, 1.807) is 11.8 Å². The molecule has 35 heavy (non-hydrogen) atoms. The SMILES string of the molecule is CN.COc1ccc(-n2nc(C=O)c(CCNC=O)c2-c2ccc(N3CCCCC3=O)cc2)cc1. The topological polar surface area (TPSA) is 120 Å². The first-order chi connectivity index (χ1) is 17.2. The van der Waals surface area contributed by atoms with Crippen LogP contribution in [0.3, 0.4) is 0 Å². The second-order valence-corrected chi connectivity index (χ2v) is 7.81. The van der Waals surface area contributed by atoms with E-state index in [1.807, 2.05) is 53.4 Å². The zero-order valence-electron chi connectivity index (χ0n) is 20.1. The highest BCUT2D eigenvalue weighted by Crippen LogP contribution is 2.32. The van der Waals surface area contributed by atoms with E-state index in [2.05, 4.69) is 16.1 Å². The van der Waals surface area contributed by atoms with Gasteiger partial charge in [0.25, 0.3) is 0 Å². The number of nitrogens with one attached hydrogen (secondary N) is 1. The van der Waals surface area contributed by atoms with Gasteiger partial charge in [0.05, 0.1) is 18.5 Å². The lowest BCUT2D eigenvalue weighted by Gasteiger charge is -2.27. The van der Waals surface area contributed by atoms with Gasteiger partial charge in [-0.3, -0.25) is 14.4 Å². The highest BCUT2D eigenvalue weighted by atomic mass is 16.5. The van der Waals surface area contributed by atoms with Crippen molar-refractivity contribution >= 4 is 24.3 Å². The standard InChI is InChI=1S/C25H26N4O4.CH5N/c1-33-21-11-9-20(10-12-21)29-25(22(13-14-26-17-31)23(16-30)27-29)18-5-7-19(8-6-18)28-15-3-2-4-24(28)32;1-2/h5-12,16-17H,2-4,13-15H2,1H3,(H,26,31);2H2,1H3. The maximum absolute atomic E-state index is 12.3. The number of aldehydes is 1. The van der Waals surface area contributed by atoms with Gasteiger partial charge < -0.3 is 20.7 Å². The molecule has 0 aliphatic carbocycles. The summed E-state index contributed by atoms with van der Waals surface area (Å²) in [6, 6.07) is 15.2. The molecular formula is C26H31N5O4. The molecule has 0 spiro atoms. The molecule has 2 aromatic carbocycles. The van der Waals surface area contributed by atoms with Crippen molar-refractivity contribution in [1.82, 2.24) is 15.1 Å². The van der Waals surface area contributed by atoms with Crippen molar-refractivity contribution in [3.8, 4) is 22.7 Å². The van der Waals surface area contributed by atoms with Crippen LogP contribution in [0.25, 0.3) is 16.9 Å². The van der Waals surface area contributed by atoms with E-state index < -0.39 is 0 Å². The number of hydrogen-bond donors (Lipinski definition) is 2. The van der Waals surface area contributed by atoms with Gasteiger partial charge in [-0.2, -0.15) is 5.10 Å². The molecule has 1 aliphatic heterocycles. The third-order valence-corrected chi connectivity index (χ3v) is 5.82. The van der Waals surface area contributed by atoms with Crippen LogP contribution in [0.1, 0.15) is 35.3 Å². The smallest absolute Gasteiger partial charge is 0.226 e. The Balaban J connectivity index is 0.00000167. The van der Waals surface area contributed by atoms with Crippen LogP contribution in [0.5, 0.6) is 5.75 Å². The molecule has 4 rings (SSSR count). The highest BCUT2D eigenvalue weighted by molar-refractivity contribution is 5.94. The second-order valence-electron chi connectivity index (χ2n) is 7.81. The number of piperidine rings is 1. The zero-order chi connectivity index (χ0) is 25.2. The van der Waals surface area contributed by atoms with Crippen LogP contribution < -0.4 is 20.7 Å². The number of aromatic nitrogens is 2. The fourth-order valence-corrected chi connectivity index (χ4v) is 4.15. The van der Waals surface area contributed by atoms with E-state index in [0.717, 1.165) is 53.9 Å². The average Bonchev–Trinajstić information content (AvgIpc) is 3.29. The second kappa shape index (κ2) is 12.5. The molecule has 0 atom stereocenters. The maximum Gasteiger partial charge on any atom is 0.226 e. The zero-order valence-corrected chi connectivity index (χ0v) is 20.1. The summed E-state index contributed by atoms with van der Waals surface area (Å²) >= 11 is 0. The molecule has 1 aliphatic rings. The van der Waals surface area contributed by atoms with Gasteiger partial charge in [0.1, 0.15) is 11.4 Å². The number of rotatable bonds is 9. The molecular weight excluding hydrogens is 446 g/mol. The van der Waals surface area contributed by atoms with Crippen LogP contribution in [-0.4, -0.2) is 55.6 Å². The van der Waals surface area contributed by atoms with Crippen molar-refractivity contribution in [3.05, 3.63) is 59.8 Å². The fraction of sp³-hybridized carbons (Fsp3) is 0.308. The molecule has 0 saturated carbocycles. The molecule has 1 aromatic heterocycles. The molecule has 0 unspecified atom stereocenters. The lowest BCUT2D eigenvalue weighted by Crippen LogP contribution is -2.35. The molecule has 184 valence electrons. The minimum Gasteiger partial charge on any atom is -0.497 e. The lowest BCUT2D eigenvalue weighted by atomic mass is 10.0. The largest absolute Gasteiger partial charge is 0.497 e. The van der Waals surface area contributed by atoms with Crippen LogP contribution in [0.15, 0.2) is 48.5 Å². The van der Waals surface area contributed by atoms with Gasteiger partial charge in [0.15, 0.2) is 6.29 Å². The Hall–Kier alpha value is -3.98. The van der Waals surface area contributed by atoms with Crippen LogP contribution in [-0.2, 0) is 16.0 Å². The quantitative estimate of drug-likeness (QED) is 0.361. The number of ether oxygens (including phenoxy) is 1. The van der Waals surface area contributed by atoms with Crippen molar-refractivity contribution in [3.63, 3.8) is 0 Å². The molecule has 3 aromatic rings. The number of hydrogen-bond acceptors (Lipinski definition) is 6. The molecule has 1 fully saturated rings. The average molecular weight is 478 g/mol. The van der Waals surface area contributed by atoms with E-state index in [-0.39, 0.29) is 5.91 Å². The summed E-state index contributed by atoms with van der Waals surface area (Å²) in [5.41, 5.74) is 8.84. The Kier molecular flexibility index (Phi) is 9.14. The third kappa shape index (κ3) is 5.75. The highest BCUT2D eigenvalue weighted by Gasteiger charge is 2.22. The fourth-order valence-electron chi connectivity index (χ4n) is 4.15. The first kappa shape index (κ1) is 25.6. The summed E-state index contributed by atoms with van der Waals surface area (Å²) in [6.45, 7) is 1.10. The van der Waals surface area contributed by atoms with Crippen molar-refractivity contribution in [2.24, 2.45) is 5.73 Å². The van der Waals surface area contributed by atoms with Crippen molar-refractivity contribution in [2.45, 2.75) is 25.7 Å². The van der Waals surface area contributed by atoms with E-state index in [9.17, 15) is 14.4 Å². The van der Waals surface area contributed by atoms with Gasteiger partial charge >= 0.3 is 0 Å². The van der Waals surface area contributed by atoms with Gasteiger partial charge in [-0.15, -0.1) is 0 Å². The Bertz CT molecular complexity index is 1140. The maximum atomic E-state index is 12.3.